The first-order valence-corrected chi connectivity index (χ1v) is 14.8. The monoisotopic (exact) mass is 598 g/mol. The standard InChI is InChI=1S/C33H46N2O8/c1-32(2,40)28(36)26-16-12-24(13-17-26)22-42-30(38)34-20-10-8-6-5-7-9-11-21-35-31(39)43-23-25-14-18-27(19-15-25)29(37)33(3,4)41/h12-19,40-41H,5-11,20-23H2,1-4H3,(H,34,38)(H,35,39). The molecule has 2 aromatic rings. The highest BCUT2D eigenvalue weighted by Crippen LogP contribution is 2.15. The average molecular weight is 599 g/mol. The van der Waals surface area contributed by atoms with Gasteiger partial charge in [-0.2, -0.15) is 0 Å². The van der Waals surface area contributed by atoms with Crippen molar-refractivity contribution in [3.63, 3.8) is 0 Å². The Labute approximate surface area is 254 Å². The summed E-state index contributed by atoms with van der Waals surface area (Å²) in [5.41, 5.74) is -0.569. The Kier molecular flexibility index (Phi) is 14.3. The summed E-state index contributed by atoms with van der Waals surface area (Å²) in [5, 5.41) is 25.1. The van der Waals surface area contributed by atoms with Crippen molar-refractivity contribution in [3.05, 3.63) is 70.8 Å². The molecule has 0 aromatic heterocycles. The van der Waals surface area contributed by atoms with Gasteiger partial charge >= 0.3 is 12.2 Å². The van der Waals surface area contributed by atoms with Gasteiger partial charge in [0.05, 0.1) is 0 Å². The summed E-state index contributed by atoms with van der Waals surface area (Å²) in [6.45, 7) is 7.03. The van der Waals surface area contributed by atoms with E-state index < -0.39 is 23.4 Å². The first-order valence-electron chi connectivity index (χ1n) is 14.8. The van der Waals surface area contributed by atoms with Gasteiger partial charge in [0, 0.05) is 24.2 Å². The molecule has 0 radical (unpaired) electrons. The minimum Gasteiger partial charge on any atom is -0.445 e. The Bertz CT molecular complexity index is 1090. The topological polar surface area (TPSA) is 151 Å². The summed E-state index contributed by atoms with van der Waals surface area (Å²) in [5.74, 6) is -0.734. The molecule has 236 valence electrons. The van der Waals surface area contributed by atoms with Gasteiger partial charge in [-0.3, -0.25) is 9.59 Å². The van der Waals surface area contributed by atoms with E-state index in [1.54, 1.807) is 48.5 Å². The number of nitrogens with one attached hydrogen (secondary N) is 2. The number of unbranched alkanes of at least 4 members (excludes halogenated alkanes) is 6. The first kappa shape index (κ1) is 35.4. The van der Waals surface area contributed by atoms with Crippen LogP contribution in [0.15, 0.2) is 48.5 Å². The Morgan fingerprint density at radius 3 is 1.16 bits per heavy atom. The fraction of sp³-hybridized carbons (Fsp3) is 0.515. The molecule has 0 spiro atoms. The molecule has 0 fully saturated rings. The Hall–Kier alpha value is -3.76. The minimum atomic E-state index is -1.43. The lowest BCUT2D eigenvalue weighted by molar-refractivity contribution is 0.0487. The number of ketones is 2. The van der Waals surface area contributed by atoms with Crippen molar-refractivity contribution in [1.82, 2.24) is 10.6 Å². The summed E-state index contributed by atoms with van der Waals surface area (Å²) in [6, 6.07) is 13.2. The molecule has 0 aliphatic carbocycles. The number of aliphatic hydroxyl groups is 2. The van der Waals surface area contributed by atoms with Gasteiger partial charge in [0.25, 0.3) is 0 Å². The van der Waals surface area contributed by atoms with Gasteiger partial charge in [-0.15, -0.1) is 0 Å². The molecule has 0 heterocycles. The van der Waals surface area contributed by atoms with E-state index in [-0.39, 0.29) is 24.8 Å². The highest BCUT2D eigenvalue weighted by molar-refractivity contribution is 6.02. The number of alkyl carbamates (subject to hydrolysis) is 2. The van der Waals surface area contributed by atoms with E-state index in [9.17, 15) is 29.4 Å². The second-order valence-corrected chi connectivity index (χ2v) is 11.7. The average Bonchev–Trinajstić information content (AvgIpc) is 2.96. The number of benzene rings is 2. The van der Waals surface area contributed by atoms with Gasteiger partial charge in [0.1, 0.15) is 24.4 Å². The van der Waals surface area contributed by atoms with E-state index in [1.165, 1.54) is 27.7 Å². The smallest absolute Gasteiger partial charge is 0.407 e. The molecular weight excluding hydrogens is 552 g/mol. The van der Waals surface area contributed by atoms with Crippen molar-refractivity contribution in [2.45, 2.75) is 97.1 Å². The number of Topliss-reactive ketones (excluding diaryl/α,β-unsaturated/α-hetero) is 2. The molecule has 0 saturated carbocycles. The molecule has 43 heavy (non-hydrogen) atoms. The van der Waals surface area contributed by atoms with Crippen LogP contribution in [0.25, 0.3) is 0 Å². The fourth-order valence-electron chi connectivity index (χ4n) is 4.13. The summed E-state index contributed by atoms with van der Waals surface area (Å²) >= 11 is 0. The maximum absolute atomic E-state index is 12.1. The zero-order chi connectivity index (χ0) is 31.9. The van der Waals surface area contributed by atoms with Gasteiger partial charge in [-0.1, -0.05) is 80.6 Å². The van der Waals surface area contributed by atoms with Crippen LogP contribution >= 0.6 is 0 Å². The third kappa shape index (κ3) is 13.8. The van der Waals surface area contributed by atoms with Crippen molar-refractivity contribution >= 4 is 23.8 Å². The van der Waals surface area contributed by atoms with Crippen LogP contribution in [0.2, 0.25) is 0 Å². The molecule has 2 amide bonds. The molecule has 0 aliphatic heterocycles. The Balaban J connectivity index is 1.43. The SMILES string of the molecule is CC(C)(O)C(=O)c1ccc(COC(=O)NCCCCCCCCCNC(=O)OCc2ccc(C(=O)C(C)(C)O)cc2)cc1. The second kappa shape index (κ2) is 17.4. The van der Waals surface area contributed by atoms with Crippen LogP contribution in [0.4, 0.5) is 9.59 Å². The molecule has 0 saturated heterocycles. The van der Waals surface area contributed by atoms with E-state index in [4.69, 9.17) is 9.47 Å². The van der Waals surface area contributed by atoms with Crippen molar-refractivity contribution in [1.29, 1.82) is 0 Å². The number of rotatable bonds is 18. The maximum Gasteiger partial charge on any atom is 0.407 e. The van der Waals surface area contributed by atoms with Gasteiger partial charge < -0.3 is 30.3 Å². The molecule has 0 aliphatic rings. The molecular formula is C33H46N2O8. The van der Waals surface area contributed by atoms with Crippen LogP contribution in [0.5, 0.6) is 0 Å². The van der Waals surface area contributed by atoms with E-state index in [1.807, 2.05) is 0 Å². The number of carbonyl (C=O) groups is 4. The van der Waals surface area contributed by atoms with E-state index in [2.05, 4.69) is 10.6 Å². The van der Waals surface area contributed by atoms with Crippen molar-refractivity contribution in [3.8, 4) is 0 Å². The quantitative estimate of drug-likeness (QED) is 0.130. The van der Waals surface area contributed by atoms with Crippen molar-refractivity contribution < 1.29 is 38.9 Å². The van der Waals surface area contributed by atoms with Crippen molar-refractivity contribution in [2.24, 2.45) is 0 Å². The molecule has 0 bridgehead atoms. The second-order valence-electron chi connectivity index (χ2n) is 11.7. The van der Waals surface area contributed by atoms with Crippen LogP contribution < -0.4 is 10.6 Å². The molecule has 2 aromatic carbocycles. The molecule has 4 N–H and O–H groups in total. The van der Waals surface area contributed by atoms with Crippen LogP contribution in [0.3, 0.4) is 0 Å². The zero-order valence-electron chi connectivity index (χ0n) is 25.7. The van der Waals surface area contributed by atoms with E-state index in [0.717, 1.165) is 56.1 Å². The maximum atomic E-state index is 12.1. The van der Waals surface area contributed by atoms with Gasteiger partial charge in [0.15, 0.2) is 11.6 Å². The summed E-state index contributed by atoms with van der Waals surface area (Å²) in [6.07, 6.45) is 5.92. The zero-order valence-corrected chi connectivity index (χ0v) is 25.7. The van der Waals surface area contributed by atoms with E-state index in [0.29, 0.717) is 24.2 Å². The van der Waals surface area contributed by atoms with Crippen LogP contribution in [-0.2, 0) is 22.7 Å². The number of hydrogen-bond acceptors (Lipinski definition) is 8. The van der Waals surface area contributed by atoms with Crippen LogP contribution in [0.1, 0.15) is 104 Å². The van der Waals surface area contributed by atoms with Gasteiger partial charge in [0.2, 0.25) is 0 Å². The highest BCUT2D eigenvalue weighted by atomic mass is 16.6. The van der Waals surface area contributed by atoms with Gasteiger partial charge in [-0.25, -0.2) is 9.59 Å². The van der Waals surface area contributed by atoms with Crippen LogP contribution in [0, 0.1) is 0 Å². The van der Waals surface area contributed by atoms with Gasteiger partial charge in [-0.05, 0) is 51.7 Å². The number of carbonyl (C=O) groups excluding carboxylic acids is 4. The minimum absolute atomic E-state index is 0.0945. The summed E-state index contributed by atoms with van der Waals surface area (Å²) in [7, 11) is 0. The molecule has 0 atom stereocenters. The number of amides is 2. The Morgan fingerprint density at radius 1 is 0.558 bits per heavy atom. The fourth-order valence-corrected chi connectivity index (χ4v) is 4.13. The molecule has 10 heteroatoms. The lowest BCUT2D eigenvalue weighted by Gasteiger charge is -2.15. The lowest BCUT2D eigenvalue weighted by Crippen LogP contribution is -2.31. The third-order valence-corrected chi connectivity index (χ3v) is 6.68. The summed E-state index contributed by atoms with van der Waals surface area (Å²) < 4.78 is 10.4. The Morgan fingerprint density at radius 2 is 0.860 bits per heavy atom. The number of ether oxygens (including phenoxy) is 2. The molecule has 0 unspecified atom stereocenters. The lowest BCUT2D eigenvalue weighted by atomic mass is 9.96. The van der Waals surface area contributed by atoms with Crippen molar-refractivity contribution in [2.75, 3.05) is 13.1 Å². The van der Waals surface area contributed by atoms with E-state index >= 15 is 0 Å². The summed E-state index contributed by atoms with van der Waals surface area (Å²) in [4.78, 5) is 47.9. The number of hydrogen-bond donors (Lipinski definition) is 4. The molecule has 2 rings (SSSR count). The normalized spacial score (nSPS) is 11.5. The first-order chi connectivity index (χ1) is 20.3. The third-order valence-electron chi connectivity index (χ3n) is 6.68. The predicted molar refractivity (Wildman–Crippen MR) is 163 cm³/mol. The van der Waals surface area contributed by atoms with Crippen LogP contribution in [-0.4, -0.2) is 58.3 Å². The highest BCUT2D eigenvalue weighted by Gasteiger charge is 2.25. The predicted octanol–water partition coefficient (Wildman–Crippen LogP) is 5.48. The molecule has 10 nitrogen and oxygen atoms in total. The largest absolute Gasteiger partial charge is 0.445 e.